The first-order valence-electron chi connectivity index (χ1n) is 8.86. The van der Waals surface area contributed by atoms with Crippen LogP contribution < -0.4 is 5.32 Å². The van der Waals surface area contributed by atoms with Crippen LogP contribution in [0.1, 0.15) is 11.1 Å². The van der Waals surface area contributed by atoms with Gasteiger partial charge in [0, 0.05) is 20.0 Å². The molecule has 4 rings (SSSR count). The molecule has 1 saturated heterocycles. The number of aliphatic imine (C=N–C) groups is 1. The second-order valence-corrected chi connectivity index (χ2v) is 6.99. The summed E-state index contributed by atoms with van der Waals surface area (Å²) in [5.74, 6) is 0.193. The van der Waals surface area contributed by atoms with Gasteiger partial charge in [-0.15, -0.1) is 0 Å². The number of rotatable bonds is 4. The number of para-hydroxylation sites is 1. The van der Waals surface area contributed by atoms with Gasteiger partial charge in [-0.2, -0.15) is 0 Å². The third kappa shape index (κ3) is 3.15. The maximum absolute atomic E-state index is 11.6. The Kier molecular flexibility index (Phi) is 4.33. The molecule has 2 aromatic carbocycles. The second kappa shape index (κ2) is 6.68. The van der Waals surface area contributed by atoms with Gasteiger partial charge in [-0.3, -0.25) is 4.79 Å². The molecular weight excluding hydrogens is 344 g/mol. The molecule has 0 bridgehead atoms. The smallest absolute Gasteiger partial charge is 0.250 e. The van der Waals surface area contributed by atoms with Crippen molar-refractivity contribution >= 4 is 23.2 Å². The number of benzene rings is 2. The van der Waals surface area contributed by atoms with Gasteiger partial charge in [-0.1, -0.05) is 42.5 Å². The predicted octanol–water partition coefficient (Wildman–Crippen LogP) is 1.30. The summed E-state index contributed by atoms with van der Waals surface area (Å²) in [5.41, 5.74) is 2.19. The molecule has 2 aliphatic heterocycles. The number of fused-ring (bicyclic) bond motifs is 2. The quantitative estimate of drug-likeness (QED) is 0.759. The van der Waals surface area contributed by atoms with Crippen LogP contribution in [-0.2, 0) is 17.8 Å². The molecule has 2 aromatic rings. The number of hydrogen-bond acceptors (Lipinski definition) is 6. The van der Waals surface area contributed by atoms with E-state index in [2.05, 4.69) is 5.32 Å². The summed E-state index contributed by atoms with van der Waals surface area (Å²) in [6.45, 7) is 0.464. The Labute approximate surface area is 157 Å². The predicted molar refractivity (Wildman–Crippen MR) is 103 cm³/mol. The molecular formula is C20H22N4O3. The highest BCUT2D eigenvalue weighted by Crippen LogP contribution is 2.38. The van der Waals surface area contributed by atoms with E-state index in [1.54, 1.807) is 11.0 Å². The maximum Gasteiger partial charge on any atom is 0.250 e. The number of amides is 1. The van der Waals surface area contributed by atoms with Gasteiger partial charge in [-0.25, -0.2) is 4.99 Å². The van der Waals surface area contributed by atoms with E-state index in [1.807, 2.05) is 54.4 Å². The third-order valence-electron chi connectivity index (χ3n) is 5.09. The number of nitrogens with zero attached hydrogens (tertiary/aromatic N) is 3. The minimum absolute atomic E-state index is 0.448. The Bertz CT molecular complexity index is 899. The first kappa shape index (κ1) is 17.5. The van der Waals surface area contributed by atoms with E-state index in [0.717, 1.165) is 11.1 Å². The van der Waals surface area contributed by atoms with Gasteiger partial charge in [-0.05, 0) is 17.2 Å². The van der Waals surface area contributed by atoms with Crippen molar-refractivity contribution in [1.82, 2.24) is 9.80 Å². The fourth-order valence-electron chi connectivity index (χ4n) is 3.70. The molecule has 7 heteroatoms. The molecule has 1 fully saturated rings. The molecule has 7 nitrogen and oxygen atoms in total. The lowest BCUT2D eigenvalue weighted by Gasteiger charge is -2.30. The average Bonchev–Trinajstić information content (AvgIpc) is 2.91. The lowest BCUT2D eigenvalue weighted by atomic mass is 10.0. The summed E-state index contributed by atoms with van der Waals surface area (Å²) in [4.78, 5) is 20.2. The van der Waals surface area contributed by atoms with E-state index >= 15 is 0 Å². The second-order valence-electron chi connectivity index (χ2n) is 6.99. The molecule has 1 atom stereocenters. The number of hydrogen-bond donors (Lipinski definition) is 3. The Morgan fingerprint density at radius 1 is 1.22 bits per heavy atom. The zero-order valence-corrected chi connectivity index (χ0v) is 15.1. The number of likely N-dealkylation sites (N-methyl/N-ethyl adjacent to an activating group) is 1. The minimum Gasteiger partial charge on any atom is -0.387 e. The molecule has 1 amide bonds. The highest BCUT2D eigenvalue weighted by atomic mass is 16.3. The SMILES string of the molecule is CN1C2=Nc3c(cccc3NC(=O)CO)CN2CC1(O)Cc1ccccc1. The van der Waals surface area contributed by atoms with Crippen molar-refractivity contribution in [3.63, 3.8) is 0 Å². The molecule has 0 saturated carbocycles. The van der Waals surface area contributed by atoms with Crippen LogP contribution in [0.5, 0.6) is 0 Å². The van der Waals surface area contributed by atoms with Crippen LogP contribution in [0.4, 0.5) is 11.4 Å². The summed E-state index contributed by atoms with van der Waals surface area (Å²) >= 11 is 0. The Morgan fingerprint density at radius 3 is 2.74 bits per heavy atom. The summed E-state index contributed by atoms with van der Waals surface area (Å²) in [7, 11) is 1.84. The lowest BCUT2D eigenvalue weighted by molar-refractivity contribution is -0.118. The largest absolute Gasteiger partial charge is 0.387 e. The summed E-state index contributed by atoms with van der Waals surface area (Å²) < 4.78 is 0. The van der Waals surface area contributed by atoms with Crippen LogP contribution in [-0.4, -0.2) is 57.8 Å². The van der Waals surface area contributed by atoms with Gasteiger partial charge >= 0.3 is 0 Å². The summed E-state index contributed by atoms with van der Waals surface area (Å²) in [6.07, 6.45) is 0.490. The minimum atomic E-state index is -1.06. The zero-order chi connectivity index (χ0) is 19.0. The Hall–Kier alpha value is -2.90. The number of guanidine groups is 1. The van der Waals surface area contributed by atoms with Crippen molar-refractivity contribution in [3.05, 3.63) is 59.7 Å². The van der Waals surface area contributed by atoms with E-state index < -0.39 is 18.2 Å². The molecule has 1 unspecified atom stereocenters. The fourth-order valence-corrected chi connectivity index (χ4v) is 3.70. The lowest BCUT2D eigenvalue weighted by Crippen LogP contribution is -2.46. The third-order valence-corrected chi connectivity index (χ3v) is 5.09. The number of aliphatic hydroxyl groups is 2. The van der Waals surface area contributed by atoms with Crippen molar-refractivity contribution in [2.45, 2.75) is 18.7 Å². The molecule has 3 N–H and O–H groups in total. The van der Waals surface area contributed by atoms with Crippen LogP contribution in [0.15, 0.2) is 53.5 Å². The molecule has 2 aliphatic rings. The van der Waals surface area contributed by atoms with Crippen LogP contribution >= 0.6 is 0 Å². The van der Waals surface area contributed by atoms with Gasteiger partial charge in [0.25, 0.3) is 0 Å². The highest BCUT2D eigenvalue weighted by Gasteiger charge is 2.46. The summed E-state index contributed by atoms with van der Waals surface area (Å²) in [5, 5.41) is 23.0. The van der Waals surface area contributed by atoms with Crippen molar-refractivity contribution in [2.24, 2.45) is 4.99 Å². The molecule has 0 spiro atoms. The van der Waals surface area contributed by atoms with Crippen molar-refractivity contribution < 1.29 is 15.0 Å². The number of carbonyl (C=O) groups is 1. The van der Waals surface area contributed by atoms with E-state index in [0.29, 0.717) is 36.8 Å². The van der Waals surface area contributed by atoms with E-state index in [9.17, 15) is 9.90 Å². The van der Waals surface area contributed by atoms with Gasteiger partial charge in [0.1, 0.15) is 6.61 Å². The average molecular weight is 366 g/mol. The van der Waals surface area contributed by atoms with Crippen molar-refractivity contribution in [2.75, 3.05) is 25.5 Å². The van der Waals surface area contributed by atoms with Crippen molar-refractivity contribution in [1.29, 1.82) is 0 Å². The van der Waals surface area contributed by atoms with E-state index in [-0.39, 0.29) is 0 Å². The summed E-state index contributed by atoms with van der Waals surface area (Å²) in [6, 6.07) is 15.5. The number of nitrogens with one attached hydrogen (secondary N) is 1. The first-order chi connectivity index (χ1) is 13.0. The van der Waals surface area contributed by atoms with Crippen LogP contribution in [0.25, 0.3) is 0 Å². The molecule has 0 radical (unpaired) electrons. The van der Waals surface area contributed by atoms with Gasteiger partial charge < -0.3 is 25.3 Å². The van der Waals surface area contributed by atoms with Crippen LogP contribution in [0.3, 0.4) is 0 Å². The Morgan fingerprint density at radius 2 is 2.00 bits per heavy atom. The Balaban J connectivity index is 1.65. The van der Waals surface area contributed by atoms with Gasteiger partial charge in [0.2, 0.25) is 11.9 Å². The number of carbonyl (C=O) groups excluding carboxylic acids is 1. The zero-order valence-electron chi connectivity index (χ0n) is 15.1. The molecule has 0 aromatic heterocycles. The first-order valence-corrected chi connectivity index (χ1v) is 8.86. The number of aliphatic hydroxyl groups excluding tert-OH is 1. The van der Waals surface area contributed by atoms with Gasteiger partial charge in [0.05, 0.1) is 17.9 Å². The topological polar surface area (TPSA) is 88.4 Å². The number of anilines is 1. The highest BCUT2D eigenvalue weighted by molar-refractivity contribution is 5.97. The monoisotopic (exact) mass is 366 g/mol. The fraction of sp³-hybridized carbons (Fsp3) is 0.300. The molecule has 140 valence electrons. The molecule has 2 heterocycles. The van der Waals surface area contributed by atoms with E-state index in [4.69, 9.17) is 10.1 Å². The maximum atomic E-state index is 11.6. The standard InChI is InChI=1S/C20H22N4O3/c1-23-19-22-18-15(8-5-9-16(18)21-17(26)12-25)11-24(19)13-20(23,27)10-14-6-3-2-4-7-14/h2-9,25,27H,10-13H2,1H3,(H,21,26). The van der Waals surface area contributed by atoms with Crippen LogP contribution in [0.2, 0.25) is 0 Å². The van der Waals surface area contributed by atoms with Gasteiger partial charge in [0.15, 0.2) is 5.72 Å². The normalized spacial score (nSPS) is 20.8. The van der Waals surface area contributed by atoms with Crippen molar-refractivity contribution in [3.8, 4) is 0 Å². The van der Waals surface area contributed by atoms with E-state index in [1.165, 1.54) is 0 Å². The van der Waals surface area contributed by atoms with Crippen LogP contribution in [0, 0.1) is 0 Å². The molecule has 27 heavy (non-hydrogen) atoms. The molecule has 0 aliphatic carbocycles.